The van der Waals surface area contributed by atoms with Crippen LogP contribution in [0.25, 0.3) is 0 Å². The van der Waals surface area contributed by atoms with Gasteiger partial charge in [-0.2, -0.15) is 0 Å². The molecule has 1 fully saturated rings. The van der Waals surface area contributed by atoms with Crippen LogP contribution in [0, 0.1) is 12.2 Å². The van der Waals surface area contributed by atoms with Gasteiger partial charge in [-0.15, -0.1) is 0 Å². The lowest BCUT2D eigenvalue weighted by atomic mass is 9.96. The average Bonchev–Trinajstić information content (AvgIpc) is 2.12. The monoisotopic (exact) mass is 208 g/mol. The van der Waals surface area contributed by atoms with Gasteiger partial charge in [-0.25, -0.2) is 4.39 Å². The summed E-state index contributed by atoms with van der Waals surface area (Å²) in [6.45, 7) is 1.83. The van der Waals surface area contributed by atoms with Gasteiger partial charge in [0.2, 0.25) is 0 Å². The second-order valence-corrected chi connectivity index (χ2v) is 3.97. The molecule has 0 saturated heterocycles. The molecule has 1 aromatic rings. The van der Waals surface area contributed by atoms with Gasteiger partial charge >= 0.3 is 0 Å². The summed E-state index contributed by atoms with van der Waals surface area (Å²) >= 11 is 0. The molecule has 2 N–H and O–H groups in total. The Balaban J connectivity index is 2.20. The zero-order valence-electron chi connectivity index (χ0n) is 8.74. The molecular weight excluding hydrogens is 193 g/mol. The number of rotatable bonds is 3. The van der Waals surface area contributed by atoms with Gasteiger partial charge in [-0.05, 0) is 44.4 Å². The summed E-state index contributed by atoms with van der Waals surface area (Å²) in [5.41, 5.74) is 6.50. The fourth-order valence-corrected chi connectivity index (χ4v) is 1.56. The molecule has 0 bridgehead atoms. The molecular formula is C12H15FNO. The van der Waals surface area contributed by atoms with E-state index >= 15 is 0 Å². The Hall–Kier alpha value is -1.09. The van der Waals surface area contributed by atoms with Gasteiger partial charge in [0.25, 0.3) is 0 Å². The Kier molecular flexibility index (Phi) is 2.91. The molecule has 0 spiro atoms. The fraction of sp³-hybridized carbons (Fsp3) is 0.417. The molecule has 1 atom stereocenters. The van der Waals surface area contributed by atoms with E-state index in [1.807, 2.05) is 6.92 Å². The molecule has 81 valence electrons. The zero-order chi connectivity index (χ0) is 10.8. The third-order valence-corrected chi connectivity index (χ3v) is 2.62. The van der Waals surface area contributed by atoms with Crippen molar-refractivity contribution in [2.45, 2.75) is 31.9 Å². The maximum absolute atomic E-state index is 13.0. The Bertz CT molecular complexity index is 347. The van der Waals surface area contributed by atoms with Crippen molar-refractivity contribution in [1.29, 1.82) is 0 Å². The highest BCUT2D eigenvalue weighted by Crippen LogP contribution is 2.30. The van der Waals surface area contributed by atoms with Gasteiger partial charge in [0.05, 0.1) is 6.10 Å². The standard InChI is InChI=1S/C12H15FNO/c1-8(14)11-7-9(13)5-6-12(11)15-10-3-2-4-10/h2,5-8,10H,3-4,14H2,1H3/t8-/m1/s1. The zero-order valence-corrected chi connectivity index (χ0v) is 8.74. The van der Waals surface area contributed by atoms with E-state index < -0.39 is 0 Å². The quantitative estimate of drug-likeness (QED) is 0.828. The van der Waals surface area contributed by atoms with Crippen LogP contribution in [0.3, 0.4) is 0 Å². The highest BCUT2D eigenvalue weighted by Gasteiger charge is 2.21. The van der Waals surface area contributed by atoms with E-state index in [1.165, 1.54) is 12.1 Å². The van der Waals surface area contributed by atoms with Crippen molar-refractivity contribution in [2.24, 2.45) is 5.73 Å². The van der Waals surface area contributed by atoms with Gasteiger partial charge < -0.3 is 10.5 Å². The summed E-state index contributed by atoms with van der Waals surface area (Å²) in [4.78, 5) is 0. The Morgan fingerprint density at radius 2 is 2.20 bits per heavy atom. The van der Waals surface area contributed by atoms with E-state index in [2.05, 4.69) is 6.42 Å². The van der Waals surface area contributed by atoms with Crippen LogP contribution < -0.4 is 10.5 Å². The summed E-state index contributed by atoms with van der Waals surface area (Å²) in [5, 5.41) is 0. The smallest absolute Gasteiger partial charge is 0.124 e. The Morgan fingerprint density at radius 3 is 2.73 bits per heavy atom. The SMILES string of the molecule is C[C@@H](N)c1cc(F)ccc1OC1C[CH]C1. The molecule has 3 heteroatoms. The number of hydrogen-bond donors (Lipinski definition) is 1. The third kappa shape index (κ3) is 2.29. The summed E-state index contributed by atoms with van der Waals surface area (Å²) in [7, 11) is 0. The first-order chi connectivity index (χ1) is 7.16. The Labute approximate surface area is 89.2 Å². The van der Waals surface area contributed by atoms with Crippen molar-refractivity contribution in [1.82, 2.24) is 0 Å². The maximum atomic E-state index is 13.0. The minimum absolute atomic E-state index is 0.209. The number of nitrogens with two attached hydrogens (primary N) is 1. The van der Waals surface area contributed by atoms with Crippen molar-refractivity contribution in [2.75, 3.05) is 0 Å². The third-order valence-electron chi connectivity index (χ3n) is 2.62. The van der Waals surface area contributed by atoms with Gasteiger partial charge in [-0.3, -0.25) is 0 Å². The van der Waals surface area contributed by atoms with Crippen LogP contribution in [0.5, 0.6) is 5.75 Å². The van der Waals surface area contributed by atoms with E-state index in [0.717, 1.165) is 18.4 Å². The van der Waals surface area contributed by atoms with Crippen molar-refractivity contribution >= 4 is 0 Å². The number of benzene rings is 1. The van der Waals surface area contributed by atoms with E-state index in [0.29, 0.717) is 5.75 Å². The normalized spacial score (nSPS) is 18.3. The minimum Gasteiger partial charge on any atom is -0.490 e. The molecule has 1 saturated carbocycles. The molecule has 0 heterocycles. The predicted octanol–water partition coefficient (Wildman–Crippen LogP) is 2.59. The lowest BCUT2D eigenvalue weighted by molar-refractivity contribution is 0.156. The summed E-state index contributed by atoms with van der Waals surface area (Å²) in [5.74, 6) is 0.444. The molecule has 0 amide bonds. The highest BCUT2D eigenvalue weighted by molar-refractivity contribution is 5.36. The molecule has 1 aliphatic carbocycles. The maximum Gasteiger partial charge on any atom is 0.124 e. The molecule has 2 rings (SSSR count). The van der Waals surface area contributed by atoms with Crippen LogP contribution in [-0.2, 0) is 0 Å². The summed E-state index contributed by atoms with van der Waals surface area (Å²) < 4.78 is 18.7. The van der Waals surface area contributed by atoms with Gasteiger partial charge in [0, 0.05) is 11.6 Å². The molecule has 0 unspecified atom stereocenters. The highest BCUT2D eigenvalue weighted by atomic mass is 19.1. The molecule has 1 aliphatic rings. The molecule has 0 aliphatic heterocycles. The topological polar surface area (TPSA) is 35.2 Å². The van der Waals surface area contributed by atoms with E-state index in [1.54, 1.807) is 6.07 Å². The van der Waals surface area contributed by atoms with Gasteiger partial charge in [0.15, 0.2) is 0 Å². The molecule has 15 heavy (non-hydrogen) atoms. The minimum atomic E-state index is -0.269. The van der Waals surface area contributed by atoms with E-state index in [-0.39, 0.29) is 18.0 Å². The summed E-state index contributed by atoms with van der Waals surface area (Å²) in [6.07, 6.45) is 4.35. The number of halogens is 1. The van der Waals surface area contributed by atoms with Crippen molar-refractivity contribution < 1.29 is 9.13 Å². The first-order valence-corrected chi connectivity index (χ1v) is 5.20. The predicted molar refractivity (Wildman–Crippen MR) is 57.0 cm³/mol. The van der Waals surface area contributed by atoms with E-state index in [4.69, 9.17) is 10.5 Å². The first kappa shape index (κ1) is 10.4. The van der Waals surface area contributed by atoms with Crippen LogP contribution in [0.4, 0.5) is 4.39 Å². The molecule has 2 nitrogen and oxygen atoms in total. The van der Waals surface area contributed by atoms with Crippen LogP contribution in [0.2, 0.25) is 0 Å². The first-order valence-electron chi connectivity index (χ1n) is 5.20. The molecule has 0 aromatic heterocycles. The average molecular weight is 208 g/mol. The lowest BCUT2D eigenvalue weighted by Gasteiger charge is -2.27. The van der Waals surface area contributed by atoms with Crippen LogP contribution >= 0.6 is 0 Å². The number of ether oxygens (including phenoxy) is 1. The fourth-order valence-electron chi connectivity index (χ4n) is 1.56. The van der Waals surface area contributed by atoms with Crippen LogP contribution in [-0.4, -0.2) is 6.10 Å². The summed E-state index contributed by atoms with van der Waals surface area (Å²) in [6, 6.07) is 4.30. The number of hydrogen-bond acceptors (Lipinski definition) is 2. The van der Waals surface area contributed by atoms with Gasteiger partial charge in [0.1, 0.15) is 11.6 Å². The largest absolute Gasteiger partial charge is 0.490 e. The van der Waals surface area contributed by atoms with Crippen molar-refractivity contribution in [3.63, 3.8) is 0 Å². The van der Waals surface area contributed by atoms with Crippen molar-refractivity contribution in [3.05, 3.63) is 36.0 Å². The molecule has 1 aromatic carbocycles. The van der Waals surface area contributed by atoms with Crippen molar-refractivity contribution in [3.8, 4) is 5.75 Å². The molecule has 1 radical (unpaired) electrons. The lowest BCUT2D eigenvalue weighted by Crippen LogP contribution is -2.26. The van der Waals surface area contributed by atoms with Crippen LogP contribution in [0.15, 0.2) is 18.2 Å². The van der Waals surface area contributed by atoms with E-state index in [9.17, 15) is 4.39 Å². The second-order valence-electron chi connectivity index (χ2n) is 3.97. The second kappa shape index (κ2) is 4.19. The van der Waals surface area contributed by atoms with Gasteiger partial charge in [-0.1, -0.05) is 0 Å². The Morgan fingerprint density at radius 1 is 1.47 bits per heavy atom. The van der Waals surface area contributed by atoms with Crippen LogP contribution in [0.1, 0.15) is 31.4 Å².